The summed E-state index contributed by atoms with van der Waals surface area (Å²) in [6.07, 6.45) is 2.93. The van der Waals surface area contributed by atoms with Gasteiger partial charge in [-0.2, -0.15) is 4.98 Å². The molecule has 1 amide bonds. The number of ether oxygens (including phenoxy) is 1. The Morgan fingerprint density at radius 1 is 1.14 bits per heavy atom. The van der Waals surface area contributed by atoms with Gasteiger partial charge in [0.1, 0.15) is 5.75 Å². The van der Waals surface area contributed by atoms with Crippen molar-refractivity contribution in [3.63, 3.8) is 0 Å². The Bertz CT molecular complexity index is 852. The summed E-state index contributed by atoms with van der Waals surface area (Å²) >= 11 is 5.81. The summed E-state index contributed by atoms with van der Waals surface area (Å²) in [7, 11) is 0. The van der Waals surface area contributed by atoms with Gasteiger partial charge >= 0.3 is 0 Å². The van der Waals surface area contributed by atoms with Crippen LogP contribution in [0.25, 0.3) is 10.8 Å². The van der Waals surface area contributed by atoms with E-state index in [-0.39, 0.29) is 11.1 Å². The maximum atomic E-state index is 11.3. The molecular weight excluding hydrogens is 302 g/mol. The molecule has 1 aromatic heterocycles. The SMILES string of the molecule is CC(=O)Nc1cccc2c(Oc3cncc(Cl)n3)cccc12. The highest BCUT2D eigenvalue weighted by molar-refractivity contribution is 6.29. The zero-order chi connectivity index (χ0) is 15.5. The number of benzene rings is 2. The van der Waals surface area contributed by atoms with Gasteiger partial charge in [0.15, 0.2) is 5.15 Å². The minimum atomic E-state index is -0.125. The van der Waals surface area contributed by atoms with Crippen LogP contribution in [-0.4, -0.2) is 15.9 Å². The van der Waals surface area contributed by atoms with Crippen LogP contribution >= 0.6 is 11.6 Å². The lowest BCUT2D eigenvalue weighted by Crippen LogP contribution is -2.06. The number of amides is 1. The van der Waals surface area contributed by atoms with Gasteiger partial charge in [-0.1, -0.05) is 35.9 Å². The molecule has 0 fully saturated rings. The number of carbonyl (C=O) groups excluding carboxylic acids is 1. The van der Waals surface area contributed by atoms with Crippen molar-refractivity contribution in [2.75, 3.05) is 5.32 Å². The molecule has 0 radical (unpaired) electrons. The zero-order valence-corrected chi connectivity index (χ0v) is 12.5. The van der Waals surface area contributed by atoms with E-state index in [0.717, 1.165) is 16.5 Å². The van der Waals surface area contributed by atoms with Crippen molar-refractivity contribution in [1.82, 2.24) is 9.97 Å². The number of nitrogens with zero attached hydrogens (tertiary/aromatic N) is 2. The van der Waals surface area contributed by atoms with Crippen LogP contribution < -0.4 is 10.1 Å². The first-order valence-electron chi connectivity index (χ1n) is 6.58. The van der Waals surface area contributed by atoms with Crippen molar-refractivity contribution in [2.45, 2.75) is 6.92 Å². The van der Waals surface area contributed by atoms with Gasteiger partial charge in [-0.3, -0.25) is 9.78 Å². The molecule has 0 aliphatic carbocycles. The van der Waals surface area contributed by atoms with E-state index in [4.69, 9.17) is 16.3 Å². The molecule has 6 heteroatoms. The van der Waals surface area contributed by atoms with E-state index in [9.17, 15) is 4.79 Å². The number of carbonyl (C=O) groups is 1. The number of hydrogen-bond donors (Lipinski definition) is 1. The molecule has 0 atom stereocenters. The van der Waals surface area contributed by atoms with Gasteiger partial charge in [-0.15, -0.1) is 0 Å². The Hall–Kier alpha value is -2.66. The standard InChI is InChI=1S/C16H12ClN3O2/c1-10(21)19-13-6-2-5-12-11(13)4-3-7-14(12)22-16-9-18-8-15(17)20-16/h2-9H,1H3,(H,19,21). The van der Waals surface area contributed by atoms with Gasteiger partial charge in [-0.25, -0.2) is 0 Å². The highest BCUT2D eigenvalue weighted by Crippen LogP contribution is 2.33. The van der Waals surface area contributed by atoms with E-state index in [2.05, 4.69) is 15.3 Å². The molecule has 0 aliphatic heterocycles. The molecule has 3 aromatic rings. The summed E-state index contributed by atoms with van der Waals surface area (Å²) in [5, 5.41) is 4.80. The summed E-state index contributed by atoms with van der Waals surface area (Å²) in [6, 6.07) is 11.2. The molecule has 0 bridgehead atoms. The Kier molecular flexibility index (Phi) is 3.89. The highest BCUT2D eigenvalue weighted by Gasteiger charge is 2.08. The fraction of sp³-hybridized carbons (Fsp3) is 0.0625. The van der Waals surface area contributed by atoms with Crippen molar-refractivity contribution in [3.05, 3.63) is 53.9 Å². The second-order valence-corrected chi connectivity index (χ2v) is 5.01. The molecule has 2 aromatic carbocycles. The first kappa shape index (κ1) is 14.3. The smallest absolute Gasteiger partial charge is 0.239 e. The van der Waals surface area contributed by atoms with E-state index in [1.165, 1.54) is 19.3 Å². The Labute approximate surface area is 131 Å². The van der Waals surface area contributed by atoms with Crippen LogP contribution in [0.3, 0.4) is 0 Å². The van der Waals surface area contributed by atoms with Crippen LogP contribution in [0.5, 0.6) is 11.6 Å². The minimum absolute atomic E-state index is 0.125. The number of anilines is 1. The van der Waals surface area contributed by atoms with Crippen LogP contribution in [0.1, 0.15) is 6.92 Å². The topological polar surface area (TPSA) is 64.1 Å². The van der Waals surface area contributed by atoms with Crippen LogP contribution in [0.2, 0.25) is 5.15 Å². The fourth-order valence-corrected chi connectivity index (χ4v) is 2.30. The third kappa shape index (κ3) is 2.99. The third-order valence-electron chi connectivity index (χ3n) is 2.99. The fourth-order valence-electron chi connectivity index (χ4n) is 2.16. The molecule has 0 saturated heterocycles. The van der Waals surface area contributed by atoms with Gasteiger partial charge in [0, 0.05) is 23.4 Å². The molecule has 110 valence electrons. The molecule has 0 saturated carbocycles. The predicted octanol–water partition coefficient (Wildman–Crippen LogP) is 4.03. The van der Waals surface area contributed by atoms with E-state index < -0.39 is 0 Å². The monoisotopic (exact) mass is 313 g/mol. The number of nitrogens with one attached hydrogen (secondary N) is 1. The lowest BCUT2D eigenvalue weighted by atomic mass is 10.1. The average Bonchev–Trinajstić information content (AvgIpc) is 2.48. The van der Waals surface area contributed by atoms with Crippen molar-refractivity contribution in [2.24, 2.45) is 0 Å². The Morgan fingerprint density at radius 2 is 1.91 bits per heavy atom. The summed E-state index contributed by atoms with van der Waals surface area (Å²) in [5.41, 5.74) is 0.729. The van der Waals surface area contributed by atoms with Crippen LogP contribution in [0.15, 0.2) is 48.8 Å². The van der Waals surface area contributed by atoms with Crippen LogP contribution in [-0.2, 0) is 4.79 Å². The van der Waals surface area contributed by atoms with Gasteiger partial charge < -0.3 is 10.1 Å². The second-order valence-electron chi connectivity index (χ2n) is 4.62. The van der Waals surface area contributed by atoms with Crippen molar-refractivity contribution in [1.29, 1.82) is 0 Å². The molecule has 0 aliphatic rings. The molecule has 3 rings (SSSR count). The van der Waals surface area contributed by atoms with E-state index in [1.54, 1.807) is 0 Å². The molecule has 1 N–H and O–H groups in total. The summed E-state index contributed by atoms with van der Waals surface area (Å²) < 4.78 is 5.76. The van der Waals surface area contributed by atoms with E-state index >= 15 is 0 Å². The number of hydrogen-bond acceptors (Lipinski definition) is 4. The lowest BCUT2D eigenvalue weighted by Gasteiger charge is -2.11. The average molecular weight is 314 g/mol. The molecule has 22 heavy (non-hydrogen) atoms. The summed E-state index contributed by atoms with van der Waals surface area (Å²) in [5.74, 6) is 0.797. The largest absolute Gasteiger partial charge is 0.437 e. The second kappa shape index (κ2) is 5.99. The predicted molar refractivity (Wildman–Crippen MR) is 85.4 cm³/mol. The van der Waals surface area contributed by atoms with Crippen LogP contribution in [0.4, 0.5) is 5.69 Å². The van der Waals surface area contributed by atoms with E-state index in [0.29, 0.717) is 11.6 Å². The summed E-state index contributed by atoms with van der Waals surface area (Å²) in [6.45, 7) is 1.47. The van der Waals surface area contributed by atoms with Gasteiger partial charge in [0.25, 0.3) is 0 Å². The Morgan fingerprint density at radius 3 is 2.68 bits per heavy atom. The molecule has 5 nitrogen and oxygen atoms in total. The number of rotatable bonds is 3. The van der Waals surface area contributed by atoms with E-state index in [1.807, 2.05) is 36.4 Å². The van der Waals surface area contributed by atoms with Crippen molar-refractivity contribution >= 4 is 34.0 Å². The molecular formula is C16H12ClN3O2. The lowest BCUT2D eigenvalue weighted by molar-refractivity contribution is -0.114. The van der Waals surface area contributed by atoms with Gasteiger partial charge in [-0.05, 0) is 12.1 Å². The molecule has 0 spiro atoms. The number of aromatic nitrogens is 2. The maximum absolute atomic E-state index is 11.3. The third-order valence-corrected chi connectivity index (χ3v) is 3.17. The number of halogens is 1. The zero-order valence-electron chi connectivity index (χ0n) is 11.7. The normalized spacial score (nSPS) is 10.5. The first-order chi connectivity index (χ1) is 10.6. The molecule has 1 heterocycles. The highest BCUT2D eigenvalue weighted by atomic mass is 35.5. The number of fused-ring (bicyclic) bond motifs is 1. The first-order valence-corrected chi connectivity index (χ1v) is 6.96. The van der Waals surface area contributed by atoms with Crippen LogP contribution in [0, 0.1) is 0 Å². The minimum Gasteiger partial charge on any atom is -0.437 e. The maximum Gasteiger partial charge on any atom is 0.239 e. The van der Waals surface area contributed by atoms with Gasteiger partial charge in [0.2, 0.25) is 11.8 Å². The quantitative estimate of drug-likeness (QED) is 0.792. The summed E-state index contributed by atoms with van der Waals surface area (Å²) in [4.78, 5) is 19.3. The Balaban J connectivity index is 2.05. The molecule has 0 unspecified atom stereocenters. The van der Waals surface area contributed by atoms with Crippen molar-refractivity contribution < 1.29 is 9.53 Å². The van der Waals surface area contributed by atoms with Crippen molar-refractivity contribution in [3.8, 4) is 11.6 Å². The van der Waals surface area contributed by atoms with Gasteiger partial charge in [0.05, 0.1) is 12.4 Å².